The van der Waals surface area contributed by atoms with Gasteiger partial charge in [-0.3, -0.25) is 9.59 Å². The first-order valence-electron chi connectivity index (χ1n) is 6.67. The molecule has 1 fully saturated rings. The average Bonchev–Trinajstić information content (AvgIpc) is 2.43. The van der Waals surface area contributed by atoms with Gasteiger partial charge in [-0.1, -0.05) is 29.3 Å². The van der Waals surface area contributed by atoms with Crippen LogP contribution in [-0.4, -0.2) is 54.8 Å². The second-order valence-corrected chi connectivity index (χ2v) is 5.82. The summed E-state index contributed by atoms with van der Waals surface area (Å²) in [7, 11) is 2.01. The maximum absolute atomic E-state index is 12.1. The Kier molecular flexibility index (Phi) is 5.45. The predicted molar refractivity (Wildman–Crippen MR) is 83.8 cm³/mol. The van der Waals surface area contributed by atoms with Crippen LogP contribution < -0.4 is 5.32 Å². The van der Waals surface area contributed by atoms with Crippen molar-refractivity contribution in [2.24, 2.45) is 0 Å². The summed E-state index contributed by atoms with van der Waals surface area (Å²) in [6, 6.07) is 4.95. The Morgan fingerprint density at radius 3 is 2.29 bits per heavy atom. The molecule has 0 saturated carbocycles. The van der Waals surface area contributed by atoms with Crippen LogP contribution >= 0.6 is 23.2 Å². The van der Waals surface area contributed by atoms with Crippen LogP contribution in [0.3, 0.4) is 0 Å². The smallest absolute Gasteiger partial charge is 0.233 e. The van der Waals surface area contributed by atoms with Gasteiger partial charge >= 0.3 is 0 Å². The Morgan fingerprint density at radius 1 is 1.14 bits per heavy atom. The van der Waals surface area contributed by atoms with Crippen molar-refractivity contribution in [3.05, 3.63) is 28.2 Å². The minimum Gasteiger partial charge on any atom is -0.340 e. The third-order valence-electron chi connectivity index (χ3n) is 3.39. The SMILES string of the molecule is CN1CCN(C(=O)CC(=O)Nc2c(Cl)cccc2Cl)CC1. The van der Waals surface area contributed by atoms with Crippen LogP contribution in [0.4, 0.5) is 5.69 Å². The fourth-order valence-corrected chi connectivity index (χ4v) is 2.60. The summed E-state index contributed by atoms with van der Waals surface area (Å²) in [6.45, 7) is 2.94. The largest absolute Gasteiger partial charge is 0.340 e. The number of hydrogen-bond donors (Lipinski definition) is 1. The van der Waals surface area contributed by atoms with E-state index in [2.05, 4.69) is 10.2 Å². The summed E-state index contributed by atoms with van der Waals surface area (Å²) in [5.41, 5.74) is 0.344. The van der Waals surface area contributed by atoms with Crippen LogP contribution in [-0.2, 0) is 9.59 Å². The number of likely N-dealkylation sites (N-methyl/N-ethyl adjacent to an activating group) is 1. The highest BCUT2D eigenvalue weighted by Gasteiger charge is 2.21. The standard InChI is InChI=1S/C14H17Cl2N3O2/c1-18-5-7-19(8-6-18)13(21)9-12(20)17-14-10(15)3-2-4-11(14)16/h2-4H,5-9H2,1H3,(H,17,20). The molecule has 114 valence electrons. The molecule has 0 atom stereocenters. The molecule has 1 aromatic carbocycles. The Hall–Kier alpha value is -1.30. The van der Waals surface area contributed by atoms with E-state index in [0.29, 0.717) is 28.8 Å². The van der Waals surface area contributed by atoms with Crippen LogP contribution in [0, 0.1) is 0 Å². The summed E-state index contributed by atoms with van der Waals surface area (Å²) in [4.78, 5) is 27.9. The molecule has 0 radical (unpaired) electrons. The first-order chi connectivity index (χ1) is 9.97. The summed E-state index contributed by atoms with van der Waals surface area (Å²) >= 11 is 11.9. The van der Waals surface area contributed by atoms with Crippen LogP contribution in [0.15, 0.2) is 18.2 Å². The van der Waals surface area contributed by atoms with Gasteiger partial charge in [0, 0.05) is 26.2 Å². The van der Waals surface area contributed by atoms with Crippen molar-refractivity contribution in [3.63, 3.8) is 0 Å². The molecule has 1 saturated heterocycles. The number of amides is 2. The molecule has 1 aliphatic heterocycles. The summed E-state index contributed by atoms with van der Waals surface area (Å²) < 4.78 is 0. The molecule has 0 aromatic heterocycles. The van der Waals surface area contributed by atoms with Crippen LogP contribution in [0.5, 0.6) is 0 Å². The molecular weight excluding hydrogens is 313 g/mol. The molecule has 21 heavy (non-hydrogen) atoms. The van der Waals surface area contributed by atoms with Crippen molar-refractivity contribution in [1.29, 1.82) is 0 Å². The highest BCUT2D eigenvalue weighted by Crippen LogP contribution is 2.29. The molecule has 1 N–H and O–H groups in total. The van der Waals surface area contributed by atoms with Crippen molar-refractivity contribution in [2.75, 3.05) is 38.5 Å². The molecular formula is C14H17Cl2N3O2. The molecule has 0 bridgehead atoms. The lowest BCUT2D eigenvalue weighted by Gasteiger charge is -2.32. The van der Waals surface area contributed by atoms with E-state index in [0.717, 1.165) is 13.1 Å². The van der Waals surface area contributed by atoms with Crippen molar-refractivity contribution in [3.8, 4) is 0 Å². The van der Waals surface area contributed by atoms with E-state index >= 15 is 0 Å². The average molecular weight is 330 g/mol. The molecule has 1 aliphatic rings. The monoisotopic (exact) mass is 329 g/mol. The van der Waals surface area contributed by atoms with E-state index in [1.165, 1.54) is 0 Å². The Balaban J connectivity index is 1.91. The number of para-hydroxylation sites is 1. The predicted octanol–water partition coefficient (Wildman–Crippen LogP) is 2.10. The van der Waals surface area contributed by atoms with Crippen LogP contribution in [0.2, 0.25) is 10.0 Å². The Morgan fingerprint density at radius 2 is 1.71 bits per heavy atom. The molecule has 0 spiro atoms. The van der Waals surface area contributed by atoms with Gasteiger partial charge in [-0.15, -0.1) is 0 Å². The maximum Gasteiger partial charge on any atom is 0.233 e. The first kappa shape index (κ1) is 16.1. The number of halogens is 2. The summed E-state index contributed by atoms with van der Waals surface area (Å²) in [6.07, 6.45) is -0.203. The number of carbonyl (C=O) groups excluding carboxylic acids is 2. The van der Waals surface area contributed by atoms with Gasteiger partial charge in [0.25, 0.3) is 0 Å². The molecule has 1 heterocycles. The van der Waals surface area contributed by atoms with Crippen LogP contribution in [0.25, 0.3) is 0 Å². The Bertz CT molecular complexity index is 523. The topological polar surface area (TPSA) is 52.7 Å². The van der Waals surface area contributed by atoms with Gasteiger partial charge in [-0.25, -0.2) is 0 Å². The first-order valence-corrected chi connectivity index (χ1v) is 7.43. The molecule has 7 heteroatoms. The number of anilines is 1. The van der Waals surface area contributed by atoms with Crippen LogP contribution in [0.1, 0.15) is 6.42 Å². The summed E-state index contributed by atoms with van der Waals surface area (Å²) in [5, 5.41) is 3.30. The lowest BCUT2D eigenvalue weighted by molar-refractivity contribution is -0.135. The van der Waals surface area contributed by atoms with Crippen molar-refractivity contribution in [1.82, 2.24) is 9.80 Å². The lowest BCUT2D eigenvalue weighted by atomic mass is 10.2. The highest BCUT2D eigenvalue weighted by molar-refractivity contribution is 6.39. The van der Waals surface area contributed by atoms with E-state index in [1.807, 2.05) is 7.05 Å². The van der Waals surface area contributed by atoms with E-state index in [1.54, 1.807) is 23.1 Å². The number of rotatable bonds is 3. The fourth-order valence-electron chi connectivity index (χ4n) is 2.11. The second-order valence-electron chi connectivity index (χ2n) is 5.01. The normalized spacial score (nSPS) is 15.9. The van der Waals surface area contributed by atoms with E-state index < -0.39 is 5.91 Å². The molecule has 1 aromatic rings. The zero-order valence-electron chi connectivity index (χ0n) is 11.7. The molecule has 5 nitrogen and oxygen atoms in total. The summed E-state index contributed by atoms with van der Waals surface area (Å²) in [5.74, 6) is -0.585. The fraction of sp³-hybridized carbons (Fsp3) is 0.429. The lowest BCUT2D eigenvalue weighted by Crippen LogP contribution is -2.47. The maximum atomic E-state index is 12.1. The third kappa shape index (κ3) is 4.33. The van der Waals surface area contributed by atoms with Crippen molar-refractivity contribution in [2.45, 2.75) is 6.42 Å². The van der Waals surface area contributed by atoms with Gasteiger partial charge in [0.05, 0.1) is 15.7 Å². The van der Waals surface area contributed by atoms with Gasteiger partial charge in [0.15, 0.2) is 0 Å². The van der Waals surface area contributed by atoms with E-state index in [9.17, 15) is 9.59 Å². The molecule has 2 amide bonds. The van der Waals surface area contributed by atoms with Gasteiger partial charge in [-0.05, 0) is 19.2 Å². The third-order valence-corrected chi connectivity index (χ3v) is 4.02. The highest BCUT2D eigenvalue weighted by atomic mass is 35.5. The number of benzene rings is 1. The zero-order valence-corrected chi connectivity index (χ0v) is 13.2. The van der Waals surface area contributed by atoms with Crippen molar-refractivity contribution >= 4 is 40.7 Å². The Labute approximate surface area is 133 Å². The minimum atomic E-state index is -0.408. The van der Waals surface area contributed by atoms with Gasteiger partial charge in [0.1, 0.15) is 6.42 Å². The number of piperazine rings is 1. The van der Waals surface area contributed by atoms with Gasteiger partial charge in [0.2, 0.25) is 11.8 Å². The van der Waals surface area contributed by atoms with E-state index in [-0.39, 0.29) is 12.3 Å². The van der Waals surface area contributed by atoms with Crippen molar-refractivity contribution < 1.29 is 9.59 Å². The number of hydrogen-bond acceptors (Lipinski definition) is 3. The molecule has 0 unspecified atom stereocenters. The number of nitrogens with zero attached hydrogens (tertiary/aromatic N) is 2. The second kappa shape index (κ2) is 7.11. The van der Waals surface area contributed by atoms with E-state index in [4.69, 9.17) is 23.2 Å². The molecule has 2 rings (SSSR count). The zero-order chi connectivity index (χ0) is 15.4. The number of nitrogens with one attached hydrogen (secondary N) is 1. The van der Waals surface area contributed by atoms with Gasteiger partial charge < -0.3 is 15.1 Å². The minimum absolute atomic E-state index is 0.177. The quantitative estimate of drug-likeness (QED) is 0.864. The number of carbonyl (C=O) groups is 2. The van der Waals surface area contributed by atoms with Gasteiger partial charge in [-0.2, -0.15) is 0 Å². The molecule has 0 aliphatic carbocycles.